The highest BCUT2D eigenvalue weighted by atomic mass is 79.9. The summed E-state index contributed by atoms with van der Waals surface area (Å²) in [6.07, 6.45) is 5.15. The van der Waals surface area contributed by atoms with Crippen molar-refractivity contribution < 1.29 is 0 Å². The van der Waals surface area contributed by atoms with E-state index in [2.05, 4.69) is 38.4 Å². The van der Waals surface area contributed by atoms with Crippen molar-refractivity contribution in [2.75, 3.05) is 5.73 Å². The predicted molar refractivity (Wildman–Crippen MR) is 82.0 cm³/mol. The van der Waals surface area contributed by atoms with Crippen LogP contribution in [-0.2, 0) is 0 Å². The van der Waals surface area contributed by atoms with Crippen LogP contribution in [0.3, 0.4) is 0 Å². The average Bonchev–Trinajstić information content (AvgIpc) is 3.11. The molecule has 106 valence electrons. The van der Waals surface area contributed by atoms with Crippen molar-refractivity contribution in [2.24, 2.45) is 5.92 Å². The van der Waals surface area contributed by atoms with Crippen molar-refractivity contribution in [3.8, 4) is 11.4 Å². The molecule has 0 amide bonds. The summed E-state index contributed by atoms with van der Waals surface area (Å²) in [7, 11) is 0. The molecule has 1 aliphatic carbocycles. The molecule has 1 atom stereocenters. The third kappa shape index (κ3) is 2.32. The lowest BCUT2D eigenvalue weighted by atomic mass is 9.99. The van der Waals surface area contributed by atoms with Crippen molar-refractivity contribution in [2.45, 2.75) is 38.6 Å². The maximum Gasteiger partial charge on any atom is 0.183 e. The number of aromatic nitrogens is 4. The number of hydrogen-bond donors (Lipinski definition) is 1. The van der Waals surface area contributed by atoms with Crippen molar-refractivity contribution in [1.82, 2.24) is 20.2 Å². The number of rotatable bonds is 3. The van der Waals surface area contributed by atoms with Crippen LogP contribution < -0.4 is 5.73 Å². The largest absolute Gasteiger partial charge is 0.398 e. The summed E-state index contributed by atoms with van der Waals surface area (Å²) in [5, 5.41) is 12.3. The van der Waals surface area contributed by atoms with E-state index in [9.17, 15) is 0 Å². The van der Waals surface area contributed by atoms with Gasteiger partial charge in [-0.05, 0) is 64.2 Å². The van der Waals surface area contributed by atoms with Crippen LogP contribution in [0.5, 0.6) is 0 Å². The van der Waals surface area contributed by atoms with E-state index in [1.807, 2.05) is 22.9 Å². The fourth-order valence-corrected chi connectivity index (χ4v) is 3.45. The second-order valence-electron chi connectivity index (χ2n) is 5.44. The van der Waals surface area contributed by atoms with E-state index in [0.29, 0.717) is 17.6 Å². The molecule has 0 spiro atoms. The van der Waals surface area contributed by atoms with E-state index in [-0.39, 0.29) is 0 Å². The summed E-state index contributed by atoms with van der Waals surface area (Å²) < 4.78 is 2.80. The number of halogens is 1. The van der Waals surface area contributed by atoms with Crippen LogP contribution in [0.2, 0.25) is 0 Å². The van der Waals surface area contributed by atoms with Crippen molar-refractivity contribution >= 4 is 21.6 Å². The Labute approximate surface area is 126 Å². The highest BCUT2D eigenvalue weighted by Gasteiger charge is 2.26. The molecule has 0 bridgehead atoms. The van der Waals surface area contributed by atoms with Gasteiger partial charge in [0.2, 0.25) is 0 Å². The summed E-state index contributed by atoms with van der Waals surface area (Å²) in [5.41, 5.74) is 7.59. The molecule has 0 radical (unpaired) electrons. The number of hydrogen-bond acceptors (Lipinski definition) is 4. The summed E-state index contributed by atoms with van der Waals surface area (Å²) in [6.45, 7) is 2.20. The van der Waals surface area contributed by atoms with Crippen LogP contribution in [0, 0.1) is 5.92 Å². The molecule has 3 rings (SSSR count). The molecule has 0 aliphatic heterocycles. The van der Waals surface area contributed by atoms with Gasteiger partial charge in [-0.3, -0.25) is 0 Å². The Morgan fingerprint density at radius 1 is 1.35 bits per heavy atom. The first-order chi connectivity index (χ1) is 9.68. The fraction of sp³-hybridized carbons (Fsp3) is 0.500. The summed E-state index contributed by atoms with van der Waals surface area (Å²) >= 11 is 3.53. The van der Waals surface area contributed by atoms with Gasteiger partial charge in [0.05, 0.1) is 10.5 Å². The molecular weight excluding hydrogens is 318 g/mol. The lowest BCUT2D eigenvalue weighted by molar-refractivity contribution is 0.332. The minimum absolute atomic E-state index is 0.316. The third-order valence-electron chi connectivity index (χ3n) is 4.23. The van der Waals surface area contributed by atoms with Crippen LogP contribution in [-0.4, -0.2) is 20.2 Å². The average molecular weight is 336 g/mol. The van der Waals surface area contributed by atoms with Gasteiger partial charge in [-0.1, -0.05) is 18.9 Å². The van der Waals surface area contributed by atoms with Gasteiger partial charge in [-0.25, -0.2) is 4.68 Å². The Morgan fingerprint density at radius 3 is 2.85 bits per heavy atom. The number of nitrogens with two attached hydrogens (primary N) is 1. The number of nitrogens with zero attached hydrogens (tertiary/aromatic N) is 4. The molecule has 1 aliphatic rings. The van der Waals surface area contributed by atoms with Crippen molar-refractivity contribution in [3.05, 3.63) is 22.7 Å². The Balaban J connectivity index is 1.99. The fourth-order valence-electron chi connectivity index (χ4n) is 3.01. The molecule has 0 saturated heterocycles. The molecule has 1 heterocycles. The second kappa shape index (κ2) is 5.52. The van der Waals surface area contributed by atoms with Gasteiger partial charge < -0.3 is 5.73 Å². The minimum Gasteiger partial charge on any atom is -0.398 e. The Kier molecular flexibility index (Phi) is 3.74. The molecule has 6 heteroatoms. The van der Waals surface area contributed by atoms with Crippen molar-refractivity contribution in [3.63, 3.8) is 0 Å². The normalized spacial score (nSPS) is 17.5. The molecule has 2 aromatic rings. The summed E-state index contributed by atoms with van der Waals surface area (Å²) in [5.74, 6) is 1.45. The zero-order valence-corrected chi connectivity index (χ0v) is 13.0. The zero-order valence-electron chi connectivity index (χ0n) is 11.5. The Bertz CT molecular complexity index is 603. The highest BCUT2D eigenvalue weighted by molar-refractivity contribution is 9.10. The summed E-state index contributed by atoms with van der Waals surface area (Å²) in [4.78, 5) is 0. The SMILES string of the molecule is CC(C1CCCC1)n1nnnc1-c1cccc(N)c1Br. The van der Waals surface area contributed by atoms with Gasteiger partial charge in [0, 0.05) is 11.3 Å². The van der Waals surface area contributed by atoms with Gasteiger partial charge in [0.1, 0.15) is 0 Å². The predicted octanol–water partition coefficient (Wildman–Crippen LogP) is 3.44. The number of anilines is 1. The van der Waals surface area contributed by atoms with Gasteiger partial charge >= 0.3 is 0 Å². The van der Waals surface area contributed by atoms with Crippen LogP contribution in [0.1, 0.15) is 38.6 Å². The van der Waals surface area contributed by atoms with E-state index in [0.717, 1.165) is 15.9 Å². The van der Waals surface area contributed by atoms with E-state index >= 15 is 0 Å². The quantitative estimate of drug-likeness (QED) is 0.872. The molecule has 5 nitrogen and oxygen atoms in total. The number of benzene rings is 1. The zero-order chi connectivity index (χ0) is 14.1. The smallest absolute Gasteiger partial charge is 0.183 e. The Hall–Kier alpha value is -1.43. The molecule has 1 aromatic carbocycles. The van der Waals surface area contributed by atoms with Crippen LogP contribution >= 0.6 is 15.9 Å². The molecule has 1 fully saturated rings. The van der Waals surface area contributed by atoms with Gasteiger partial charge in [0.15, 0.2) is 5.82 Å². The topological polar surface area (TPSA) is 69.6 Å². The maximum absolute atomic E-state index is 5.95. The third-order valence-corrected chi connectivity index (χ3v) is 5.12. The lowest BCUT2D eigenvalue weighted by Gasteiger charge is -2.20. The minimum atomic E-state index is 0.316. The van der Waals surface area contributed by atoms with Gasteiger partial charge in [0.25, 0.3) is 0 Å². The number of tetrazole rings is 1. The molecule has 1 aromatic heterocycles. The van der Waals surface area contributed by atoms with E-state index in [1.165, 1.54) is 25.7 Å². The number of nitrogen functional groups attached to an aromatic ring is 1. The standard InChI is InChI=1S/C14H18BrN5/c1-9(10-5-2-3-6-10)20-14(17-18-19-20)11-7-4-8-12(16)13(11)15/h4,7-10H,2-3,5-6,16H2,1H3. The van der Waals surface area contributed by atoms with Crippen molar-refractivity contribution in [1.29, 1.82) is 0 Å². The first kappa shape index (κ1) is 13.5. The molecule has 1 saturated carbocycles. The second-order valence-corrected chi connectivity index (χ2v) is 6.23. The van der Waals surface area contributed by atoms with Crippen LogP contribution in [0.25, 0.3) is 11.4 Å². The monoisotopic (exact) mass is 335 g/mol. The summed E-state index contributed by atoms with van der Waals surface area (Å²) in [6, 6.07) is 6.09. The Morgan fingerprint density at radius 2 is 2.10 bits per heavy atom. The molecular formula is C14H18BrN5. The van der Waals surface area contributed by atoms with E-state index in [1.54, 1.807) is 0 Å². The van der Waals surface area contributed by atoms with E-state index in [4.69, 9.17) is 5.73 Å². The first-order valence-corrected chi connectivity index (χ1v) is 7.80. The first-order valence-electron chi connectivity index (χ1n) is 7.00. The van der Waals surface area contributed by atoms with Gasteiger partial charge in [-0.15, -0.1) is 5.10 Å². The van der Waals surface area contributed by atoms with E-state index < -0.39 is 0 Å². The molecule has 2 N–H and O–H groups in total. The van der Waals surface area contributed by atoms with Crippen LogP contribution in [0.4, 0.5) is 5.69 Å². The molecule has 1 unspecified atom stereocenters. The van der Waals surface area contributed by atoms with Gasteiger partial charge in [-0.2, -0.15) is 0 Å². The maximum atomic E-state index is 5.95. The van der Waals surface area contributed by atoms with Crippen LogP contribution in [0.15, 0.2) is 22.7 Å². The highest BCUT2D eigenvalue weighted by Crippen LogP contribution is 2.37. The lowest BCUT2D eigenvalue weighted by Crippen LogP contribution is -2.17. The molecule has 20 heavy (non-hydrogen) atoms.